The summed E-state index contributed by atoms with van der Waals surface area (Å²) in [4.78, 5) is 31.1. The van der Waals surface area contributed by atoms with Crippen molar-refractivity contribution in [2.75, 3.05) is 76.3 Å². The Morgan fingerprint density at radius 1 is 0.935 bits per heavy atom. The van der Waals surface area contributed by atoms with Crippen LogP contribution in [0, 0.1) is 6.92 Å². The lowest BCUT2D eigenvalue weighted by molar-refractivity contribution is 0.0743. The number of halogens is 1. The average molecular weight is 445 g/mol. The van der Waals surface area contributed by atoms with Crippen molar-refractivity contribution in [3.63, 3.8) is 0 Å². The molecule has 8 nitrogen and oxygen atoms in total. The molecule has 0 saturated carbocycles. The van der Waals surface area contributed by atoms with Gasteiger partial charge in [-0.3, -0.25) is 4.79 Å². The van der Waals surface area contributed by atoms with Gasteiger partial charge < -0.3 is 24.3 Å². The predicted molar refractivity (Wildman–Crippen MR) is 123 cm³/mol. The van der Waals surface area contributed by atoms with E-state index >= 15 is 0 Å². The Labute approximate surface area is 188 Å². The number of hydrogen-bond acceptors (Lipinski definition) is 7. The average Bonchev–Trinajstić information content (AvgIpc) is 2.78. The van der Waals surface area contributed by atoms with Crippen molar-refractivity contribution >= 4 is 29.1 Å². The van der Waals surface area contributed by atoms with Crippen LogP contribution >= 0.6 is 11.6 Å². The molecule has 2 aliphatic rings. The van der Waals surface area contributed by atoms with E-state index in [1.54, 1.807) is 25.3 Å². The fourth-order valence-electron chi connectivity index (χ4n) is 4.05. The van der Waals surface area contributed by atoms with E-state index in [-0.39, 0.29) is 5.91 Å². The van der Waals surface area contributed by atoms with Crippen molar-refractivity contribution in [3.05, 3.63) is 40.7 Å². The van der Waals surface area contributed by atoms with Crippen molar-refractivity contribution in [3.8, 4) is 5.75 Å². The third-order valence-electron chi connectivity index (χ3n) is 5.92. The van der Waals surface area contributed by atoms with Gasteiger partial charge in [0.1, 0.15) is 23.2 Å². The van der Waals surface area contributed by atoms with Crippen LogP contribution in [0.15, 0.2) is 24.3 Å². The largest absolute Gasteiger partial charge is 0.496 e. The summed E-state index contributed by atoms with van der Waals surface area (Å²) in [7, 11) is 3.71. The molecule has 0 spiro atoms. The Hall–Kier alpha value is -2.58. The number of likely N-dealkylation sites (N-methyl/N-ethyl adjacent to an activating group) is 1. The number of amides is 1. The zero-order valence-electron chi connectivity index (χ0n) is 18.3. The van der Waals surface area contributed by atoms with Gasteiger partial charge in [-0.15, -0.1) is 0 Å². The molecule has 2 saturated heterocycles. The van der Waals surface area contributed by atoms with Crippen LogP contribution < -0.4 is 14.5 Å². The zero-order valence-corrected chi connectivity index (χ0v) is 19.1. The molecule has 0 bridgehead atoms. The fraction of sp³-hybridized carbons (Fsp3) is 0.500. The number of rotatable bonds is 4. The number of benzene rings is 1. The molecule has 0 radical (unpaired) electrons. The summed E-state index contributed by atoms with van der Waals surface area (Å²) in [5.74, 6) is 3.16. The third-order valence-corrected chi connectivity index (χ3v) is 6.16. The highest BCUT2D eigenvalue weighted by molar-refractivity contribution is 6.31. The van der Waals surface area contributed by atoms with E-state index in [0.29, 0.717) is 42.5 Å². The molecule has 1 aromatic heterocycles. The molecule has 1 amide bonds. The summed E-state index contributed by atoms with van der Waals surface area (Å²) < 4.78 is 5.35. The number of carbonyl (C=O) groups is 1. The number of piperazine rings is 2. The van der Waals surface area contributed by atoms with Gasteiger partial charge >= 0.3 is 0 Å². The lowest BCUT2D eigenvalue weighted by atomic mass is 10.1. The van der Waals surface area contributed by atoms with Crippen molar-refractivity contribution in [2.45, 2.75) is 6.92 Å². The number of nitrogens with zero attached hydrogens (tertiary/aromatic N) is 6. The molecule has 166 valence electrons. The monoisotopic (exact) mass is 444 g/mol. The lowest BCUT2D eigenvalue weighted by Crippen LogP contribution is -2.49. The number of methoxy groups -OCH3 is 1. The van der Waals surface area contributed by atoms with Crippen LogP contribution in [0.1, 0.15) is 16.2 Å². The number of aromatic nitrogens is 2. The topological polar surface area (TPSA) is 65.0 Å². The zero-order chi connectivity index (χ0) is 22.0. The Kier molecular flexibility index (Phi) is 6.48. The molecule has 3 heterocycles. The van der Waals surface area contributed by atoms with E-state index in [4.69, 9.17) is 16.3 Å². The minimum atomic E-state index is -0.0593. The second kappa shape index (κ2) is 9.28. The summed E-state index contributed by atoms with van der Waals surface area (Å²) in [5, 5.41) is 0.524. The summed E-state index contributed by atoms with van der Waals surface area (Å²) >= 11 is 6.11. The summed E-state index contributed by atoms with van der Waals surface area (Å²) in [6, 6.07) is 7.21. The standard InChI is InChI=1S/C22H29ClN6O2/c1-16-24-20(27-8-6-26(2)7-9-27)15-21(25-16)28-10-12-29(13-11-28)22(30)18-14-17(23)4-5-19(18)31-3/h4-5,14-15H,6-13H2,1-3H3. The van der Waals surface area contributed by atoms with Crippen LogP contribution in [0.3, 0.4) is 0 Å². The maximum Gasteiger partial charge on any atom is 0.257 e. The summed E-state index contributed by atoms with van der Waals surface area (Å²) in [6.45, 7) is 8.60. The number of carbonyl (C=O) groups excluding carboxylic acids is 1. The fourth-order valence-corrected chi connectivity index (χ4v) is 4.22. The van der Waals surface area contributed by atoms with Crippen LogP contribution in [0.25, 0.3) is 0 Å². The van der Waals surface area contributed by atoms with Gasteiger partial charge in [0.25, 0.3) is 5.91 Å². The summed E-state index contributed by atoms with van der Waals surface area (Å²) in [6.07, 6.45) is 0. The molecule has 2 aliphatic heterocycles. The van der Waals surface area contributed by atoms with Crippen LogP contribution in [0.5, 0.6) is 5.75 Å². The van der Waals surface area contributed by atoms with E-state index in [2.05, 4.69) is 37.8 Å². The molecule has 0 aliphatic carbocycles. The first kappa shape index (κ1) is 21.6. The normalized spacial score (nSPS) is 17.7. The maximum absolute atomic E-state index is 13.0. The van der Waals surface area contributed by atoms with Gasteiger partial charge in [0, 0.05) is 63.4 Å². The molecule has 0 N–H and O–H groups in total. The SMILES string of the molecule is COc1ccc(Cl)cc1C(=O)N1CCN(c2cc(N3CCN(C)CC3)nc(C)n2)CC1. The minimum absolute atomic E-state index is 0.0593. The first-order valence-corrected chi connectivity index (χ1v) is 11.0. The molecule has 2 aromatic rings. The van der Waals surface area contributed by atoms with Crippen LogP contribution in [0.2, 0.25) is 5.02 Å². The summed E-state index contributed by atoms with van der Waals surface area (Å²) in [5.41, 5.74) is 0.499. The van der Waals surface area contributed by atoms with Crippen molar-refractivity contribution in [2.24, 2.45) is 0 Å². The second-order valence-electron chi connectivity index (χ2n) is 8.05. The highest BCUT2D eigenvalue weighted by Crippen LogP contribution is 2.26. The van der Waals surface area contributed by atoms with E-state index in [1.165, 1.54) is 0 Å². The molecule has 9 heteroatoms. The number of hydrogen-bond donors (Lipinski definition) is 0. The van der Waals surface area contributed by atoms with E-state index < -0.39 is 0 Å². The van der Waals surface area contributed by atoms with Crippen molar-refractivity contribution in [1.82, 2.24) is 19.8 Å². The number of anilines is 2. The van der Waals surface area contributed by atoms with Crippen LogP contribution in [0.4, 0.5) is 11.6 Å². The highest BCUT2D eigenvalue weighted by atomic mass is 35.5. The molecule has 2 fully saturated rings. The van der Waals surface area contributed by atoms with Gasteiger partial charge in [-0.25, -0.2) is 9.97 Å². The Bertz CT molecular complexity index is 940. The van der Waals surface area contributed by atoms with Gasteiger partial charge in [0.05, 0.1) is 12.7 Å². The highest BCUT2D eigenvalue weighted by Gasteiger charge is 2.26. The molecule has 0 atom stereocenters. The Morgan fingerprint density at radius 3 is 2.10 bits per heavy atom. The minimum Gasteiger partial charge on any atom is -0.496 e. The molecular formula is C22H29ClN6O2. The van der Waals surface area contributed by atoms with Crippen LogP contribution in [-0.4, -0.2) is 92.2 Å². The molecule has 0 unspecified atom stereocenters. The maximum atomic E-state index is 13.0. The lowest BCUT2D eigenvalue weighted by Gasteiger charge is -2.37. The van der Waals surface area contributed by atoms with E-state index in [0.717, 1.165) is 43.6 Å². The van der Waals surface area contributed by atoms with Gasteiger partial charge in [0.2, 0.25) is 0 Å². The first-order valence-electron chi connectivity index (χ1n) is 10.6. The molecular weight excluding hydrogens is 416 g/mol. The van der Waals surface area contributed by atoms with Gasteiger partial charge in [-0.1, -0.05) is 11.6 Å². The third kappa shape index (κ3) is 4.85. The molecule has 1 aromatic carbocycles. The first-order chi connectivity index (χ1) is 14.9. The van der Waals surface area contributed by atoms with Crippen LogP contribution in [-0.2, 0) is 0 Å². The predicted octanol–water partition coefficient (Wildman–Crippen LogP) is 2.16. The quantitative estimate of drug-likeness (QED) is 0.715. The number of ether oxygens (including phenoxy) is 1. The molecule has 4 rings (SSSR count). The number of aryl methyl sites for hydroxylation is 1. The van der Waals surface area contributed by atoms with Crippen molar-refractivity contribution in [1.29, 1.82) is 0 Å². The smallest absolute Gasteiger partial charge is 0.257 e. The Morgan fingerprint density at radius 2 is 1.52 bits per heavy atom. The van der Waals surface area contributed by atoms with Gasteiger partial charge in [0.15, 0.2) is 0 Å². The van der Waals surface area contributed by atoms with E-state index in [9.17, 15) is 4.79 Å². The molecule has 31 heavy (non-hydrogen) atoms. The van der Waals surface area contributed by atoms with Crippen molar-refractivity contribution < 1.29 is 9.53 Å². The Balaban J connectivity index is 1.44. The van der Waals surface area contributed by atoms with E-state index in [1.807, 2.05) is 11.8 Å². The van der Waals surface area contributed by atoms with Gasteiger partial charge in [-0.2, -0.15) is 0 Å². The van der Waals surface area contributed by atoms with Gasteiger partial charge in [-0.05, 0) is 32.2 Å². The second-order valence-corrected chi connectivity index (χ2v) is 8.48.